The van der Waals surface area contributed by atoms with Crippen LogP contribution in [0.15, 0.2) is 15.1 Å². The lowest BCUT2D eigenvalue weighted by atomic mass is 10.1. The summed E-state index contributed by atoms with van der Waals surface area (Å²) in [6.45, 7) is 6.45. The summed E-state index contributed by atoms with van der Waals surface area (Å²) >= 11 is 0. The molecule has 2 aromatic rings. The number of aromatic nitrogens is 3. The first-order valence-corrected chi connectivity index (χ1v) is 8.14. The summed E-state index contributed by atoms with van der Waals surface area (Å²) in [6, 6.07) is 1.56. The first-order valence-electron chi connectivity index (χ1n) is 8.14. The molecule has 0 bridgehead atoms. The van der Waals surface area contributed by atoms with E-state index < -0.39 is 0 Å². The van der Waals surface area contributed by atoms with Gasteiger partial charge in [0, 0.05) is 19.5 Å². The Morgan fingerprint density at radius 3 is 2.74 bits per heavy atom. The molecule has 1 aliphatic rings. The van der Waals surface area contributed by atoms with Crippen molar-refractivity contribution in [2.45, 2.75) is 58.4 Å². The molecule has 1 amide bonds. The highest BCUT2D eigenvalue weighted by molar-refractivity contribution is 5.91. The van der Waals surface area contributed by atoms with Crippen LogP contribution in [0.4, 0.5) is 0 Å². The van der Waals surface area contributed by atoms with Gasteiger partial charge in [0.2, 0.25) is 11.7 Å². The Hall–Kier alpha value is -2.18. The molecule has 23 heavy (non-hydrogen) atoms. The van der Waals surface area contributed by atoms with Crippen LogP contribution >= 0.6 is 0 Å². The molecule has 0 radical (unpaired) electrons. The summed E-state index contributed by atoms with van der Waals surface area (Å²) in [5, 5.41) is 8.00. The van der Waals surface area contributed by atoms with Gasteiger partial charge in [0.25, 0.3) is 5.91 Å². The minimum atomic E-state index is -0.171. The van der Waals surface area contributed by atoms with Crippen molar-refractivity contribution in [3.8, 4) is 0 Å². The Labute approximate surface area is 135 Å². The molecule has 0 spiro atoms. The second kappa shape index (κ2) is 6.52. The van der Waals surface area contributed by atoms with Crippen molar-refractivity contribution in [3.63, 3.8) is 0 Å². The SMILES string of the molecule is Cc1nc(C2CCCCCN2C(=O)c2cc(C(C)C)no2)no1. The van der Waals surface area contributed by atoms with Crippen LogP contribution in [0.25, 0.3) is 0 Å². The predicted octanol–water partition coefficient (Wildman–Crippen LogP) is 3.25. The van der Waals surface area contributed by atoms with E-state index in [9.17, 15) is 4.79 Å². The molecule has 124 valence electrons. The lowest BCUT2D eigenvalue weighted by Gasteiger charge is -2.26. The lowest BCUT2D eigenvalue weighted by molar-refractivity contribution is 0.0627. The second-order valence-electron chi connectivity index (χ2n) is 6.31. The standard InChI is InChI=1S/C16H22N4O3/c1-10(2)12-9-14(23-18-12)16(21)20-8-6-4-5-7-13(20)15-17-11(3)22-19-15/h9-10,13H,4-8H2,1-3H3. The second-order valence-corrected chi connectivity index (χ2v) is 6.31. The number of carbonyl (C=O) groups excluding carboxylic acids is 1. The number of aryl methyl sites for hydroxylation is 1. The molecule has 1 unspecified atom stereocenters. The van der Waals surface area contributed by atoms with Gasteiger partial charge in [-0.3, -0.25) is 4.79 Å². The third-order valence-corrected chi connectivity index (χ3v) is 4.19. The fourth-order valence-corrected chi connectivity index (χ4v) is 2.87. The quantitative estimate of drug-likeness (QED) is 0.863. The van der Waals surface area contributed by atoms with E-state index in [2.05, 4.69) is 15.3 Å². The zero-order valence-corrected chi connectivity index (χ0v) is 13.8. The first kappa shape index (κ1) is 15.7. The van der Waals surface area contributed by atoms with Crippen LogP contribution in [0, 0.1) is 6.92 Å². The van der Waals surface area contributed by atoms with Crippen LogP contribution in [0.3, 0.4) is 0 Å². The van der Waals surface area contributed by atoms with Crippen LogP contribution in [0.5, 0.6) is 0 Å². The molecule has 0 saturated carbocycles. The molecule has 1 fully saturated rings. The van der Waals surface area contributed by atoms with Crippen LogP contribution in [0.2, 0.25) is 0 Å². The van der Waals surface area contributed by atoms with Gasteiger partial charge in [-0.1, -0.05) is 37.0 Å². The van der Waals surface area contributed by atoms with Crippen molar-refractivity contribution < 1.29 is 13.8 Å². The van der Waals surface area contributed by atoms with E-state index in [0.717, 1.165) is 31.4 Å². The number of rotatable bonds is 3. The summed E-state index contributed by atoms with van der Waals surface area (Å²) in [5.74, 6) is 1.43. The normalized spacial score (nSPS) is 19.1. The molecule has 3 heterocycles. The van der Waals surface area contributed by atoms with Gasteiger partial charge in [0.1, 0.15) is 0 Å². The van der Waals surface area contributed by atoms with Crippen LogP contribution < -0.4 is 0 Å². The zero-order chi connectivity index (χ0) is 16.4. The average molecular weight is 318 g/mol. The largest absolute Gasteiger partial charge is 0.351 e. The van der Waals surface area contributed by atoms with E-state index in [-0.39, 0.29) is 23.6 Å². The first-order chi connectivity index (χ1) is 11.1. The van der Waals surface area contributed by atoms with E-state index in [1.165, 1.54) is 0 Å². The maximum absolute atomic E-state index is 12.9. The maximum Gasteiger partial charge on any atom is 0.293 e. The van der Waals surface area contributed by atoms with E-state index in [1.807, 2.05) is 13.8 Å². The molecule has 2 aromatic heterocycles. The predicted molar refractivity (Wildman–Crippen MR) is 81.9 cm³/mol. The highest BCUT2D eigenvalue weighted by Crippen LogP contribution is 2.30. The van der Waals surface area contributed by atoms with Gasteiger partial charge in [0.15, 0.2) is 5.82 Å². The van der Waals surface area contributed by atoms with Gasteiger partial charge in [-0.15, -0.1) is 0 Å². The summed E-state index contributed by atoms with van der Waals surface area (Å²) in [4.78, 5) is 19.0. The molecule has 1 aliphatic heterocycles. The number of nitrogens with zero attached hydrogens (tertiary/aromatic N) is 4. The Morgan fingerprint density at radius 2 is 2.09 bits per heavy atom. The van der Waals surface area contributed by atoms with Crippen LogP contribution in [-0.4, -0.2) is 32.6 Å². The van der Waals surface area contributed by atoms with Gasteiger partial charge in [-0.2, -0.15) is 4.98 Å². The molecule has 0 aromatic carbocycles. The summed E-state index contributed by atoms with van der Waals surface area (Å²) in [6.07, 6.45) is 3.92. The minimum absolute atomic E-state index is 0.154. The highest BCUT2D eigenvalue weighted by Gasteiger charge is 2.32. The lowest BCUT2D eigenvalue weighted by Crippen LogP contribution is -2.35. The van der Waals surface area contributed by atoms with Gasteiger partial charge in [0.05, 0.1) is 11.7 Å². The number of amides is 1. The van der Waals surface area contributed by atoms with Crippen LogP contribution in [0.1, 0.15) is 79.5 Å². The van der Waals surface area contributed by atoms with Crippen molar-refractivity contribution in [2.75, 3.05) is 6.54 Å². The maximum atomic E-state index is 12.9. The summed E-state index contributed by atoms with van der Waals surface area (Å²) < 4.78 is 10.4. The number of hydrogen-bond acceptors (Lipinski definition) is 6. The molecule has 0 aliphatic carbocycles. The number of hydrogen-bond donors (Lipinski definition) is 0. The number of carbonyl (C=O) groups is 1. The topological polar surface area (TPSA) is 85.3 Å². The van der Waals surface area contributed by atoms with Crippen molar-refractivity contribution in [2.24, 2.45) is 0 Å². The van der Waals surface area contributed by atoms with Gasteiger partial charge in [-0.25, -0.2) is 0 Å². The Kier molecular flexibility index (Phi) is 4.45. The van der Waals surface area contributed by atoms with E-state index >= 15 is 0 Å². The molecule has 7 heteroatoms. The van der Waals surface area contributed by atoms with Crippen molar-refractivity contribution in [3.05, 3.63) is 29.2 Å². The average Bonchev–Trinajstić information content (AvgIpc) is 3.10. The van der Waals surface area contributed by atoms with Crippen molar-refractivity contribution >= 4 is 5.91 Å². The Bertz CT molecular complexity index is 676. The number of likely N-dealkylation sites (tertiary alicyclic amines) is 1. The van der Waals surface area contributed by atoms with Crippen molar-refractivity contribution in [1.29, 1.82) is 0 Å². The monoisotopic (exact) mass is 318 g/mol. The fraction of sp³-hybridized carbons (Fsp3) is 0.625. The third kappa shape index (κ3) is 3.28. The molecule has 1 atom stereocenters. The van der Waals surface area contributed by atoms with Gasteiger partial charge in [-0.05, 0) is 18.8 Å². The molecular formula is C16H22N4O3. The highest BCUT2D eigenvalue weighted by atomic mass is 16.5. The molecule has 7 nitrogen and oxygen atoms in total. The zero-order valence-electron chi connectivity index (χ0n) is 13.8. The molecular weight excluding hydrogens is 296 g/mol. The minimum Gasteiger partial charge on any atom is -0.351 e. The Balaban J connectivity index is 1.87. The van der Waals surface area contributed by atoms with E-state index in [4.69, 9.17) is 9.05 Å². The fourth-order valence-electron chi connectivity index (χ4n) is 2.87. The van der Waals surface area contributed by atoms with E-state index in [0.29, 0.717) is 18.3 Å². The summed E-state index contributed by atoms with van der Waals surface area (Å²) in [5.41, 5.74) is 0.787. The Morgan fingerprint density at radius 1 is 1.26 bits per heavy atom. The summed E-state index contributed by atoms with van der Waals surface area (Å²) in [7, 11) is 0. The van der Waals surface area contributed by atoms with Gasteiger partial charge >= 0.3 is 0 Å². The third-order valence-electron chi connectivity index (χ3n) is 4.19. The van der Waals surface area contributed by atoms with Crippen molar-refractivity contribution in [1.82, 2.24) is 20.2 Å². The van der Waals surface area contributed by atoms with E-state index in [1.54, 1.807) is 17.9 Å². The molecule has 3 rings (SSSR count). The van der Waals surface area contributed by atoms with Gasteiger partial charge < -0.3 is 13.9 Å². The molecule has 0 N–H and O–H groups in total. The van der Waals surface area contributed by atoms with Crippen LogP contribution in [-0.2, 0) is 0 Å². The molecule has 1 saturated heterocycles. The smallest absolute Gasteiger partial charge is 0.293 e.